The fraction of sp³-hybridized carbons (Fsp3) is 0.700. The molecule has 2 aliphatic heterocycles. The number of piperidine rings is 1. The third-order valence-corrected chi connectivity index (χ3v) is 5.49. The number of pyridine rings is 1. The fourth-order valence-corrected chi connectivity index (χ4v) is 3.78. The van der Waals surface area contributed by atoms with Crippen LogP contribution in [0.15, 0.2) is 23.3 Å². The summed E-state index contributed by atoms with van der Waals surface area (Å²) in [5.41, 5.74) is 1.28. The van der Waals surface area contributed by atoms with Crippen LogP contribution in [0.25, 0.3) is 0 Å². The normalized spacial score (nSPS) is 20.5. The van der Waals surface area contributed by atoms with Crippen LogP contribution < -0.4 is 10.2 Å². The summed E-state index contributed by atoms with van der Waals surface area (Å²) >= 11 is 0. The first-order chi connectivity index (χ1) is 12.3. The molecule has 0 amide bonds. The zero-order valence-corrected chi connectivity index (χ0v) is 15.9. The number of aromatic nitrogens is 1. The summed E-state index contributed by atoms with van der Waals surface area (Å²) in [5, 5.41) is 3.54. The van der Waals surface area contributed by atoms with Crippen molar-refractivity contribution in [2.75, 3.05) is 38.1 Å². The van der Waals surface area contributed by atoms with Gasteiger partial charge in [0.15, 0.2) is 5.96 Å². The molecule has 3 heterocycles. The van der Waals surface area contributed by atoms with Crippen molar-refractivity contribution in [3.63, 3.8) is 0 Å². The summed E-state index contributed by atoms with van der Waals surface area (Å²) in [6, 6.07) is 4.35. The van der Waals surface area contributed by atoms with Crippen LogP contribution in [-0.2, 0) is 6.54 Å². The fourth-order valence-electron chi connectivity index (χ4n) is 3.78. The van der Waals surface area contributed by atoms with Gasteiger partial charge in [0.25, 0.3) is 0 Å². The van der Waals surface area contributed by atoms with Crippen LogP contribution in [0.5, 0.6) is 0 Å². The summed E-state index contributed by atoms with van der Waals surface area (Å²) in [6.07, 6.45) is 9.73. The Hall–Kier alpha value is -1.78. The minimum atomic E-state index is 0.808. The monoisotopic (exact) mass is 343 g/mol. The lowest BCUT2D eigenvalue weighted by molar-refractivity contribution is 0.273. The predicted molar refractivity (Wildman–Crippen MR) is 105 cm³/mol. The minimum Gasteiger partial charge on any atom is -0.357 e. The second-order valence-corrected chi connectivity index (χ2v) is 7.49. The van der Waals surface area contributed by atoms with Gasteiger partial charge < -0.3 is 15.1 Å². The summed E-state index contributed by atoms with van der Waals surface area (Å²) in [6.45, 7) is 7.64. The molecule has 1 aromatic heterocycles. The maximum Gasteiger partial charge on any atom is 0.193 e. The van der Waals surface area contributed by atoms with E-state index in [9.17, 15) is 0 Å². The molecule has 0 unspecified atom stereocenters. The number of anilines is 1. The number of nitrogens with zero attached hydrogens (tertiary/aromatic N) is 4. The third-order valence-electron chi connectivity index (χ3n) is 5.49. The molecule has 25 heavy (non-hydrogen) atoms. The van der Waals surface area contributed by atoms with Crippen LogP contribution in [0, 0.1) is 5.92 Å². The average molecular weight is 344 g/mol. The topological polar surface area (TPSA) is 43.8 Å². The van der Waals surface area contributed by atoms with Crippen LogP contribution in [0.1, 0.15) is 51.0 Å². The van der Waals surface area contributed by atoms with Crippen LogP contribution in [-0.4, -0.2) is 49.1 Å². The lowest BCUT2D eigenvalue weighted by atomic mass is 10.00. The maximum atomic E-state index is 4.61. The molecule has 0 atom stereocenters. The maximum absolute atomic E-state index is 4.61. The molecule has 3 rings (SSSR count). The van der Waals surface area contributed by atoms with E-state index < -0.39 is 0 Å². The van der Waals surface area contributed by atoms with Crippen LogP contribution in [0.4, 0.5) is 5.82 Å². The van der Waals surface area contributed by atoms with E-state index in [4.69, 9.17) is 0 Å². The van der Waals surface area contributed by atoms with Crippen molar-refractivity contribution < 1.29 is 0 Å². The van der Waals surface area contributed by atoms with E-state index in [2.05, 4.69) is 44.1 Å². The molecule has 0 radical (unpaired) electrons. The molecule has 5 nitrogen and oxygen atoms in total. The zero-order valence-electron chi connectivity index (χ0n) is 15.9. The van der Waals surface area contributed by atoms with E-state index in [0.29, 0.717) is 0 Å². The molecule has 0 bridgehead atoms. The van der Waals surface area contributed by atoms with Crippen molar-refractivity contribution in [3.8, 4) is 0 Å². The number of hydrogen-bond donors (Lipinski definition) is 1. The first kappa shape index (κ1) is 18.0. The molecule has 2 fully saturated rings. The lowest BCUT2D eigenvalue weighted by Gasteiger charge is -2.33. The van der Waals surface area contributed by atoms with Gasteiger partial charge in [0.1, 0.15) is 5.82 Å². The number of aliphatic imine (C=N–C) groups is 1. The van der Waals surface area contributed by atoms with Crippen molar-refractivity contribution in [3.05, 3.63) is 23.9 Å². The molecule has 0 aromatic carbocycles. The highest BCUT2D eigenvalue weighted by molar-refractivity contribution is 5.80. The van der Waals surface area contributed by atoms with E-state index in [0.717, 1.165) is 50.4 Å². The van der Waals surface area contributed by atoms with Crippen molar-refractivity contribution in [2.24, 2.45) is 10.9 Å². The van der Waals surface area contributed by atoms with Gasteiger partial charge in [-0.05, 0) is 49.3 Å². The first-order valence-electron chi connectivity index (χ1n) is 9.92. The molecule has 0 saturated carbocycles. The highest BCUT2D eigenvalue weighted by Crippen LogP contribution is 2.19. The molecular formula is C20H33N5. The van der Waals surface area contributed by atoms with Crippen LogP contribution in [0.2, 0.25) is 0 Å². The standard InChI is InChI=1S/C20H33N5/c1-17-8-13-25(14-9-17)20(21-2)23-16-18-7-10-22-19(15-18)24-11-5-3-4-6-12-24/h7,10,15,17H,3-6,8-9,11-14,16H2,1-2H3,(H,21,23). The van der Waals surface area contributed by atoms with Crippen molar-refractivity contribution in [1.82, 2.24) is 15.2 Å². The lowest BCUT2D eigenvalue weighted by Crippen LogP contribution is -2.45. The summed E-state index contributed by atoms with van der Waals surface area (Å²) in [5.74, 6) is 2.99. The van der Waals surface area contributed by atoms with Crippen molar-refractivity contribution >= 4 is 11.8 Å². The Morgan fingerprint density at radius 3 is 2.56 bits per heavy atom. The highest BCUT2D eigenvalue weighted by atomic mass is 15.3. The molecular weight excluding hydrogens is 310 g/mol. The zero-order chi connectivity index (χ0) is 17.5. The summed E-state index contributed by atoms with van der Waals surface area (Å²) < 4.78 is 0. The molecule has 1 aromatic rings. The Morgan fingerprint density at radius 1 is 1.16 bits per heavy atom. The van der Waals surface area contributed by atoms with Gasteiger partial charge >= 0.3 is 0 Å². The Balaban J connectivity index is 1.58. The molecule has 2 saturated heterocycles. The van der Waals surface area contributed by atoms with Gasteiger partial charge in [-0.15, -0.1) is 0 Å². The van der Waals surface area contributed by atoms with Gasteiger partial charge in [-0.25, -0.2) is 4.98 Å². The predicted octanol–water partition coefficient (Wildman–Crippen LogP) is 3.27. The Morgan fingerprint density at radius 2 is 1.88 bits per heavy atom. The van der Waals surface area contributed by atoms with Gasteiger partial charge in [-0.1, -0.05) is 19.8 Å². The van der Waals surface area contributed by atoms with Crippen LogP contribution >= 0.6 is 0 Å². The second kappa shape index (κ2) is 9.07. The quantitative estimate of drug-likeness (QED) is 0.676. The van der Waals surface area contributed by atoms with E-state index in [-0.39, 0.29) is 0 Å². The Kier molecular flexibility index (Phi) is 6.54. The number of hydrogen-bond acceptors (Lipinski definition) is 3. The van der Waals surface area contributed by atoms with Gasteiger partial charge in [0.05, 0.1) is 0 Å². The highest BCUT2D eigenvalue weighted by Gasteiger charge is 2.18. The average Bonchev–Trinajstić information content (AvgIpc) is 2.93. The summed E-state index contributed by atoms with van der Waals surface area (Å²) in [4.78, 5) is 13.9. The van der Waals surface area contributed by atoms with E-state index >= 15 is 0 Å². The molecule has 5 heteroatoms. The largest absolute Gasteiger partial charge is 0.357 e. The third kappa shape index (κ3) is 5.10. The minimum absolute atomic E-state index is 0.808. The smallest absolute Gasteiger partial charge is 0.193 e. The molecule has 0 aliphatic carbocycles. The van der Waals surface area contributed by atoms with Crippen molar-refractivity contribution in [2.45, 2.75) is 52.0 Å². The van der Waals surface area contributed by atoms with Gasteiger partial charge in [-0.3, -0.25) is 4.99 Å². The summed E-state index contributed by atoms with van der Waals surface area (Å²) in [7, 11) is 1.88. The molecule has 0 spiro atoms. The first-order valence-corrected chi connectivity index (χ1v) is 9.92. The molecule has 1 N–H and O–H groups in total. The number of guanidine groups is 1. The second-order valence-electron chi connectivity index (χ2n) is 7.49. The van der Waals surface area contributed by atoms with Crippen molar-refractivity contribution in [1.29, 1.82) is 0 Å². The van der Waals surface area contributed by atoms with Gasteiger partial charge in [0.2, 0.25) is 0 Å². The Labute approximate surface area is 152 Å². The molecule has 138 valence electrons. The van der Waals surface area contributed by atoms with Gasteiger partial charge in [0, 0.05) is 46.0 Å². The van der Waals surface area contributed by atoms with E-state index in [1.165, 1.54) is 44.1 Å². The Bertz CT molecular complexity index is 555. The van der Waals surface area contributed by atoms with Crippen LogP contribution in [0.3, 0.4) is 0 Å². The number of nitrogens with one attached hydrogen (secondary N) is 1. The number of rotatable bonds is 3. The van der Waals surface area contributed by atoms with Gasteiger partial charge in [-0.2, -0.15) is 0 Å². The SMILES string of the molecule is CN=C(NCc1ccnc(N2CCCCCC2)c1)N1CCC(C)CC1. The number of likely N-dealkylation sites (tertiary alicyclic amines) is 1. The van der Waals surface area contributed by atoms with E-state index in [1.807, 2.05) is 13.2 Å². The van der Waals surface area contributed by atoms with E-state index in [1.54, 1.807) is 0 Å². The molecule has 2 aliphatic rings.